The minimum Gasteiger partial charge on any atom is -0.434 e. The fraction of sp³-hybridized carbons (Fsp3) is 0.0769. The third-order valence-corrected chi connectivity index (χ3v) is 3.07. The van der Waals surface area contributed by atoms with E-state index in [4.69, 9.17) is 23.2 Å². The first-order valence-electron chi connectivity index (χ1n) is 5.07. The van der Waals surface area contributed by atoms with Gasteiger partial charge in [0.15, 0.2) is 0 Å². The minimum absolute atomic E-state index is 0.103. The van der Waals surface area contributed by atoms with Crippen molar-refractivity contribution >= 4 is 23.2 Å². The van der Waals surface area contributed by atoms with Gasteiger partial charge in [0, 0.05) is 5.56 Å². The maximum atomic E-state index is 12.3. The number of para-hydroxylation sites is 1. The number of benzene rings is 2. The largest absolute Gasteiger partial charge is 0.434 e. The Bertz CT molecular complexity index is 558. The Balaban J connectivity index is 2.46. The summed E-state index contributed by atoms with van der Waals surface area (Å²) in [7, 11) is 0. The standard InChI is InChI=1S/C13H8Cl2F2O/c14-10-6-5-8(7-11(10)15)9-3-1-2-4-12(9)18-13(16)17/h1-7,13H. The van der Waals surface area contributed by atoms with Gasteiger partial charge in [-0.1, -0.05) is 47.5 Å². The van der Waals surface area contributed by atoms with E-state index in [-0.39, 0.29) is 5.75 Å². The zero-order valence-corrected chi connectivity index (χ0v) is 10.6. The molecule has 0 N–H and O–H groups in total. The highest BCUT2D eigenvalue weighted by atomic mass is 35.5. The van der Waals surface area contributed by atoms with E-state index in [1.165, 1.54) is 6.07 Å². The lowest BCUT2D eigenvalue weighted by Gasteiger charge is -2.11. The van der Waals surface area contributed by atoms with Crippen LogP contribution < -0.4 is 4.74 Å². The van der Waals surface area contributed by atoms with Crippen molar-refractivity contribution in [3.63, 3.8) is 0 Å². The Kier molecular flexibility index (Phi) is 4.04. The lowest BCUT2D eigenvalue weighted by Crippen LogP contribution is -2.02. The van der Waals surface area contributed by atoms with Gasteiger partial charge in [-0.3, -0.25) is 0 Å². The van der Waals surface area contributed by atoms with E-state index in [2.05, 4.69) is 4.74 Å². The predicted octanol–water partition coefficient (Wildman–Crippen LogP) is 5.26. The summed E-state index contributed by atoms with van der Waals surface area (Å²) in [5, 5.41) is 0.772. The molecule has 0 amide bonds. The summed E-state index contributed by atoms with van der Waals surface area (Å²) in [5.74, 6) is 0.103. The third kappa shape index (κ3) is 2.92. The number of halogens is 4. The van der Waals surface area contributed by atoms with Crippen LogP contribution in [0.2, 0.25) is 10.0 Å². The second kappa shape index (κ2) is 5.55. The minimum atomic E-state index is -2.87. The predicted molar refractivity (Wildman–Crippen MR) is 68.5 cm³/mol. The highest BCUT2D eigenvalue weighted by Gasteiger charge is 2.11. The number of alkyl halides is 2. The Morgan fingerprint density at radius 1 is 0.944 bits per heavy atom. The average molecular weight is 289 g/mol. The molecule has 5 heteroatoms. The molecule has 0 aliphatic carbocycles. The molecule has 0 bridgehead atoms. The van der Waals surface area contributed by atoms with E-state index in [0.29, 0.717) is 21.2 Å². The molecule has 0 aliphatic heterocycles. The van der Waals surface area contributed by atoms with Crippen molar-refractivity contribution in [2.45, 2.75) is 6.61 Å². The van der Waals surface area contributed by atoms with Crippen molar-refractivity contribution < 1.29 is 13.5 Å². The quantitative estimate of drug-likeness (QED) is 0.748. The van der Waals surface area contributed by atoms with Crippen molar-refractivity contribution in [1.82, 2.24) is 0 Å². The first kappa shape index (κ1) is 13.1. The number of hydrogen-bond acceptors (Lipinski definition) is 1. The number of ether oxygens (including phenoxy) is 1. The molecule has 94 valence electrons. The fourth-order valence-corrected chi connectivity index (χ4v) is 1.87. The first-order valence-corrected chi connectivity index (χ1v) is 5.83. The Morgan fingerprint density at radius 2 is 1.67 bits per heavy atom. The molecule has 0 spiro atoms. The van der Waals surface area contributed by atoms with Crippen LogP contribution in [0.15, 0.2) is 42.5 Å². The summed E-state index contributed by atoms with van der Waals surface area (Å²) in [6, 6.07) is 11.4. The van der Waals surface area contributed by atoms with Crippen molar-refractivity contribution in [3.8, 4) is 16.9 Å². The van der Waals surface area contributed by atoms with Crippen molar-refractivity contribution in [3.05, 3.63) is 52.5 Å². The average Bonchev–Trinajstić information content (AvgIpc) is 2.33. The molecule has 0 aliphatic rings. The van der Waals surface area contributed by atoms with Crippen LogP contribution in [0.4, 0.5) is 8.78 Å². The summed E-state index contributed by atoms with van der Waals surface area (Å²) in [6.07, 6.45) is 0. The molecule has 0 saturated carbocycles. The molecule has 2 aromatic rings. The molecule has 0 atom stereocenters. The van der Waals surface area contributed by atoms with Gasteiger partial charge in [-0.25, -0.2) is 0 Å². The maximum Gasteiger partial charge on any atom is 0.387 e. The summed E-state index contributed by atoms with van der Waals surface area (Å²) < 4.78 is 29.0. The van der Waals surface area contributed by atoms with Crippen molar-refractivity contribution in [2.75, 3.05) is 0 Å². The topological polar surface area (TPSA) is 9.23 Å². The van der Waals surface area contributed by atoms with Gasteiger partial charge in [-0.05, 0) is 23.8 Å². The van der Waals surface area contributed by atoms with Crippen LogP contribution in [0.25, 0.3) is 11.1 Å². The Hall–Kier alpha value is -1.32. The maximum absolute atomic E-state index is 12.3. The lowest BCUT2D eigenvalue weighted by atomic mass is 10.0. The molecule has 18 heavy (non-hydrogen) atoms. The van der Waals surface area contributed by atoms with Crippen LogP contribution >= 0.6 is 23.2 Å². The van der Waals surface area contributed by atoms with Gasteiger partial charge in [0.25, 0.3) is 0 Å². The molecule has 0 unspecified atom stereocenters. The van der Waals surface area contributed by atoms with E-state index >= 15 is 0 Å². The summed E-state index contributed by atoms with van der Waals surface area (Å²) >= 11 is 11.7. The van der Waals surface area contributed by atoms with Gasteiger partial charge >= 0.3 is 6.61 Å². The molecule has 1 nitrogen and oxygen atoms in total. The first-order chi connectivity index (χ1) is 8.58. The molecular formula is C13H8Cl2F2O. The van der Waals surface area contributed by atoms with E-state index in [0.717, 1.165) is 0 Å². The Morgan fingerprint density at radius 3 is 2.33 bits per heavy atom. The van der Waals surface area contributed by atoms with E-state index in [1.807, 2.05) is 0 Å². The van der Waals surface area contributed by atoms with Gasteiger partial charge in [0.05, 0.1) is 10.0 Å². The third-order valence-electron chi connectivity index (χ3n) is 2.33. The van der Waals surface area contributed by atoms with Crippen LogP contribution in [0.1, 0.15) is 0 Å². The number of rotatable bonds is 3. The summed E-state index contributed by atoms with van der Waals surface area (Å²) in [4.78, 5) is 0. The molecule has 0 aromatic heterocycles. The molecule has 0 heterocycles. The van der Waals surface area contributed by atoms with E-state index in [9.17, 15) is 8.78 Å². The molecule has 0 fully saturated rings. The molecule has 2 rings (SSSR count). The molecule has 0 radical (unpaired) electrons. The van der Waals surface area contributed by atoms with Gasteiger partial charge in [0.2, 0.25) is 0 Å². The smallest absolute Gasteiger partial charge is 0.387 e. The van der Waals surface area contributed by atoms with E-state index < -0.39 is 6.61 Å². The Labute approximate surface area is 113 Å². The van der Waals surface area contributed by atoms with Gasteiger partial charge in [0.1, 0.15) is 5.75 Å². The number of hydrogen-bond donors (Lipinski definition) is 0. The fourth-order valence-electron chi connectivity index (χ4n) is 1.57. The second-order valence-corrected chi connectivity index (χ2v) is 4.32. The second-order valence-electron chi connectivity index (χ2n) is 3.50. The summed E-state index contributed by atoms with van der Waals surface area (Å²) in [6.45, 7) is -2.87. The molecule has 0 saturated heterocycles. The van der Waals surface area contributed by atoms with Crippen LogP contribution in [0, 0.1) is 0 Å². The normalized spacial score (nSPS) is 10.7. The lowest BCUT2D eigenvalue weighted by molar-refractivity contribution is -0.0494. The van der Waals surface area contributed by atoms with E-state index in [1.54, 1.807) is 36.4 Å². The molecular weight excluding hydrogens is 281 g/mol. The van der Waals surface area contributed by atoms with Gasteiger partial charge in [-0.2, -0.15) is 8.78 Å². The van der Waals surface area contributed by atoms with Crippen LogP contribution in [-0.4, -0.2) is 6.61 Å². The molecule has 2 aromatic carbocycles. The highest BCUT2D eigenvalue weighted by molar-refractivity contribution is 6.42. The zero-order valence-electron chi connectivity index (χ0n) is 9.04. The SMILES string of the molecule is FC(F)Oc1ccccc1-c1ccc(Cl)c(Cl)c1. The van der Waals surface area contributed by atoms with Crippen LogP contribution in [-0.2, 0) is 0 Å². The zero-order chi connectivity index (χ0) is 13.1. The highest BCUT2D eigenvalue weighted by Crippen LogP contribution is 2.34. The van der Waals surface area contributed by atoms with Crippen molar-refractivity contribution in [2.24, 2.45) is 0 Å². The van der Waals surface area contributed by atoms with Gasteiger partial charge in [-0.15, -0.1) is 0 Å². The van der Waals surface area contributed by atoms with Crippen molar-refractivity contribution in [1.29, 1.82) is 0 Å². The summed E-state index contributed by atoms with van der Waals surface area (Å²) in [5.41, 5.74) is 1.21. The van der Waals surface area contributed by atoms with Crippen LogP contribution in [0.5, 0.6) is 5.75 Å². The van der Waals surface area contributed by atoms with Gasteiger partial charge < -0.3 is 4.74 Å². The van der Waals surface area contributed by atoms with Crippen LogP contribution in [0.3, 0.4) is 0 Å². The monoisotopic (exact) mass is 288 g/mol.